The fraction of sp³-hybridized carbons (Fsp3) is 0.167. The third kappa shape index (κ3) is 4.59. The van der Waals surface area contributed by atoms with E-state index in [1.54, 1.807) is 18.3 Å². The van der Waals surface area contributed by atoms with Crippen molar-refractivity contribution in [3.8, 4) is 0 Å². The van der Waals surface area contributed by atoms with Gasteiger partial charge in [-0.25, -0.2) is 9.97 Å². The van der Waals surface area contributed by atoms with Crippen LogP contribution in [0.1, 0.15) is 21.9 Å². The number of rotatable bonds is 6. The van der Waals surface area contributed by atoms with Gasteiger partial charge in [0.2, 0.25) is 0 Å². The number of amides is 1. The zero-order valence-electron chi connectivity index (χ0n) is 13.3. The smallest absolute Gasteiger partial charge is 0.271 e. The molecule has 0 bridgehead atoms. The minimum absolute atomic E-state index is 0.127. The minimum atomic E-state index is -0.353. The van der Waals surface area contributed by atoms with Gasteiger partial charge in [0, 0.05) is 31.9 Å². The molecule has 0 aliphatic heterocycles. The summed E-state index contributed by atoms with van der Waals surface area (Å²) in [6, 6.07) is 13.2. The van der Waals surface area contributed by atoms with E-state index in [-0.39, 0.29) is 21.8 Å². The van der Waals surface area contributed by atoms with E-state index in [1.807, 2.05) is 24.4 Å². The Morgan fingerprint density at radius 1 is 1.12 bits per heavy atom. The number of nitrogens with one attached hydrogen (secondary N) is 1. The van der Waals surface area contributed by atoms with Gasteiger partial charge >= 0.3 is 0 Å². The highest BCUT2D eigenvalue weighted by atomic mass is 35.5. The number of hydrogen-bond acceptors (Lipinski definition) is 3. The molecule has 0 radical (unpaired) electrons. The molecule has 1 N–H and O–H groups in total. The van der Waals surface area contributed by atoms with Crippen LogP contribution in [-0.2, 0) is 13.0 Å². The average molecular weight is 375 g/mol. The van der Waals surface area contributed by atoms with Crippen LogP contribution in [0.15, 0.2) is 54.9 Å². The number of benzene rings is 1. The molecule has 0 spiro atoms. The second kappa shape index (κ2) is 8.14. The van der Waals surface area contributed by atoms with E-state index in [0.717, 1.165) is 12.4 Å². The van der Waals surface area contributed by atoms with Crippen LogP contribution in [0, 0.1) is 0 Å². The Balaban J connectivity index is 1.59. The first kappa shape index (κ1) is 17.5. The van der Waals surface area contributed by atoms with Crippen LogP contribution >= 0.6 is 23.2 Å². The molecule has 0 saturated heterocycles. The predicted octanol–water partition coefficient (Wildman–Crippen LogP) is 3.61. The number of aromatic nitrogens is 3. The Hall–Kier alpha value is -2.37. The molecule has 3 aromatic rings. The molecular formula is C18H16Cl2N4O. The molecule has 0 aliphatic rings. The van der Waals surface area contributed by atoms with Crippen LogP contribution in [0.3, 0.4) is 0 Å². The van der Waals surface area contributed by atoms with E-state index in [4.69, 9.17) is 23.2 Å². The lowest BCUT2D eigenvalue weighted by Gasteiger charge is -2.09. The van der Waals surface area contributed by atoms with Crippen LogP contribution in [0.2, 0.25) is 10.2 Å². The van der Waals surface area contributed by atoms with E-state index < -0.39 is 0 Å². The summed E-state index contributed by atoms with van der Waals surface area (Å²) in [6.07, 6.45) is 4.29. The van der Waals surface area contributed by atoms with Crippen LogP contribution in [0.4, 0.5) is 0 Å². The van der Waals surface area contributed by atoms with Crippen molar-refractivity contribution in [3.63, 3.8) is 0 Å². The van der Waals surface area contributed by atoms with Gasteiger partial charge in [-0.1, -0.05) is 53.5 Å². The Morgan fingerprint density at radius 2 is 1.92 bits per heavy atom. The van der Waals surface area contributed by atoms with Crippen molar-refractivity contribution >= 4 is 29.1 Å². The fourth-order valence-electron chi connectivity index (χ4n) is 2.44. The maximum atomic E-state index is 12.2. The number of halogens is 2. The van der Waals surface area contributed by atoms with Gasteiger partial charge in [0.15, 0.2) is 0 Å². The molecule has 5 nitrogen and oxygen atoms in total. The van der Waals surface area contributed by atoms with E-state index in [2.05, 4.69) is 32.0 Å². The van der Waals surface area contributed by atoms with Gasteiger partial charge < -0.3 is 9.88 Å². The minimum Gasteiger partial charge on any atom is -0.350 e. The molecule has 7 heteroatoms. The van der Waals surface area contributed by atoms with Crippen LogP contribution in [-0.4, -0.2) is 27.0 Å². The molecule has 3 rings (SSSR count). The van der Waals surface area contributed by atoms with Crippen molar-refractivity contribution in [2.24, 2.45) is 0 Å². The number of carbonyl (C=O) groups excluding carboxylic acids is 1. The highest BCUT2D eigenvalue weighted by Gasteiger charge is 2.13. The van der Waals surface area contributed by atoms with Crippen molar-refractivity contribution < 1.29 is 4.79 Å². The van der Waals surface area contributed by atoms with Gasteiger partial charge in [0.05, 0.1) is 5.02 Å². The molecule has 25 heavy (non-hydrogen) atoms. The van der Waals surface area contributed by atoms with Crippen molar-refractivity contribution in [2.45, 2.75) is 13.0 Å². The Kier molecular flexibility index (Phi) is 5.68. The van der Waals surface area contributed by atoms with Crippen molar-refractivity contribution in [2.75, 3.05) is 6.54 Å². The first-order valence-corrected chi connectivity index (χ1v) is 8.53. The van der Waals surface area contributed by atoms with Gasteiger partial charge in [-0.05, 0) is 17.7 Å². The van der Waals surface area contributed by atoms with Crippen LogP contribution in [0.25, 0.3) is 0 Å². The highest BCUT2D eigenvalue weighted by molar-refractivity contribution is 6.34. The summed E-state index contributed by atoms with van der Waals surface area (Å²) >= 11 is 11.8. The van der Waals surface area contributed by atoms with E-state index in [9.17, 15) is 4.79 Å². The van der Waals surface area contributed by atoms with E-state index in [0.29, 0.717) is 13.0 Å². The lowest BCUT2D eigenvalue weighted by Crippen LogP contribution is -2.27. The van der Waals surface area contributed by atoms with Crippen LogP contribution < -0.4 is 5.32 Å². The van der Waals surface area contributed by atoms with Crippen LogP contribution in [0.5, 0.6) is 0 Å². The molecule has 128 valence electrons. The fourth-order valence-corrected chi connectivity index (χ4v) is 2.78. The molecule has 2 aromatic heterocycles. The summed E-state index contributed by atoms with van der Waals surface area (Å²) in [6.45, 7) is 1.17. The summed E-state index contributed by atoms with van der Waals surface area (Å²) in [7, 11) is 0. The molecule has 1 amide bonds. The summed E-state index contributed by atoms with van der Waals surface area (Å²) in [5.41, 5.74) is 1.32. The molecule has 0 aliphatic carbocycles. The summed E-state index contributed by atoms with van der Waals surface area (Å²) in [5, 5.41) is 3.30. The number of imidazole rings is 1. The molecule has 0 saturated carbocycles. The molecule has 0 unspecified atom stereocenters. The van der Waals surface area contributed by atoms with Crippen molar-refractivity contribution in [1.29, 1.82) is 0 Å². The SMILES string of the molecule is O=C(NCCc1nccn1Cc1ccccc1)c1nc(Cl)ccc1Cl. The maximum absolute atomic E-state index is 12.2. The van der Waals surface area contributed by atoms with Gasteiger partial charge in [0.25, 0.3) is 5.91 Å². The molecule has 0 fully saturated rings. The Bertz CT molecular complexity index is 865. The largest absolute Gasteiger partial charge is 0.350 e. The third-order valence-electron chi connectivity index (χ3n) is 3.66. The van der Waals surface area contributed by atoms with E-state index >= 15 is 0 Å². The number of nitrogens with zero attached hydrogens (tertiary/aromatic N) is 3. The molecule has 0 atom stereocenters. The summed E-state index contributed by atoms with van der Waals surface area (Å²) in [4.78, 5) is 20.5. The van der Waals surface area contributed by atoms with E-state index in [1.165, 1.54) is 5.56 Å². The normalized spacial score (nSPS) is 10.6. The summed E-state index contributed by atoms with van der Waals surface area (Å²) in [5.74, 6) is 0.544. The first-order valence-electron chi connectivity index (χ1n) is 7.77. The quantitative estimate of drug-likeness (QED) is 0.670. The summed E-state index contributed by atoms with van der Waals surface area (Å²) < 4.78 is 2.06. The average Bonchev–Trinajstić information content (AvgIpc) is 3.05. The number of carbonyl (C=O) groups is 1. The molecular weight excluding hydrogens is 359 g/mol. The number of hydrogen-bond donors (Lipinski definition) is 1. The maximum Gasteiger partial charge on any atom is 0.271 e. The molecule has 2 heterocycles. The van der Waals surface area contributed by atoms with Crippen molar-refractivity contribution in [1.82, 2.24) is 19.9 Å². The topological polar surface area (TPSA) is 59.8 Å². The predicted molar refractivity (Wildman–Crippen MR) is 98.1 cm³/mol. The molecule has 1 aromatic carbocycles. The first-order chi connectivity index (χ1) is 12.1. The standard InChI is InChI=1S/C18H16Cl2N4O/c19-14-6-7-15(20)23-17(14)18(25)22-9-8-16-21-10-11-24(16)12-13-4-2-1-3-5-13/h1-7,10-11H,8-9,12H2,(H,22,25). The zero-order valence-corrected chi connectivity index (χ0v) is 14.8. The lowest BCUT2D eigenvalue weighted by atomic mass is 10.2. The monoisotopic (exact) mass is 374 g/mol. The zero-order chi connectivity index (χ0) is 17.6. The van der Waals surface area contributed by atoms with Gasteiger partial charge in [-0.3, -0.25) is 4.79 Å². The van der Waals surface area contributed by atoms with Crippen molar-refractivity contribution in [3.05, 3.63) is 82.1 Å². The second-order valence-corrected chi connectivity index (χ2v) is 6.22. The second-order valence-electron chi connectivity index (χ2n) is 5.43. The van der Waals surface area contributed by atoms with Gasteiger partial charge in [-0.2, -0.15) is 0 Å². The van der Waals surface area contributed by atoms with Gasteiger partial charge in [0.1, 0.15) is 16.7 Å². The van der Waals surface area contributed by atoms with Gasteiger partial charge in [-0.15, -0.1) is 0 Å². The lowest BCUT2D eigenvalue weighted by molar-refractivity contribution is 0.0949. The highest BCUT2D eigenvalue weighted by Crippen LogP contribution is 2.16. The third-order valence-corrected chi connectivity index (χ3v) is 4.17. The Morgan fingerprint density at radius 3 is 2.72 bits per heavy atom. The Labute approximate surface area is 155 Å². The number of pyridine rings is 1.